The lowest BCUT2D eigenvalue weighted by Gasteiger charge is -2.16. The van der Waals surface area contributed by atoms with Crippen LogP contribution in [0.4, 0.5) is 9.18 Å². The van der Waals surface area contributed by atoms with Gasteiger partial charge in [0.15, 0.2) is 11.6 Å². The van der Waals surface area contributed by atoms with Crippen LogP contribution >= 0.6 is 0 Å². The van der Waals surface area contributed by atoms with Crippen molar-refractivity contribution in [3.63, 3.8) is 0 Å². The average molecular weight is 371 g/mol. The minimum absolute atomic E-state index is 0.172. The number of alkyl carbamates (subject to hydrolysis) is 1. The molecule has 3 aromatic rings. The molecule has 27 heavy (non-hydrogen) atoms. The van der Waals surface area contributed by atoms with Crippen LogP contribution in [0.15, 0.2) is 42.5 Å². The zero-order valence-corrected chi connectivity index (χ0v) is 15.3. The van der Waals surface area contributed by atoms with E-state index in [2.05, 4.69) is 15.5 Å². The molecule has 142 valence electrons. The highest BCUT2D eigenvalue weighted by Crippen LogP contribution is 2.26. The number of halogens is 1. The summed E-state index contributed by atoms with van der Waals surface area (Å²) in [6.07, 6.45) is -0.256. The van der Waals surface area contributed by atoms with Gasteiger partial charge in [-0.15, -0.1) is 0 Å². The zero-order chi connectivity index (χ0) is 19.2. The van der Waals surface area contributed by atoms with Crippen molar-refractivity contribution in [3.05, 3.63) is 59.5 Å². The summed E-state index contributed by atoms with van der Waals surface area (Å²) in [7, 11) is 0. The number of nitrogens with zero attached hydrogens (tertiary/aromatic N) is 1. The lowest BCUT2D eigenvalue weighted by atomic mass is 10.2. The molecule has 0 bridgehead atoms. The van der Waals surface area contributed by atoms with E-state index in [1.165, 1.54) is 6.07 Å². The fraction of sp³-hybridized carbons (Fsp3) is 0.300. The Labute approximate surface area is 156 Å². The third-order valence-electron chi connectivity index (χ3n) is 4.16. The van der Waals surface area contributed by atoms with Gasteiger partial charge in [0.2, 0.25) is 0 Å². The number of aromatic nitrogens is 2. The number of aromatic amines is 1. The molecule has 7 heteroatoms. The van der Waals surface area contributed by atoms with Gasteiger partial charge in [0, 0.05) is 30.1 Å². The first-order chi connectivity index (χ1) is 13.0. The fourth-order valence-electron chi connectivity index (χ4n) is 2.66. The van der Waals surface area contributed by atoms with E-state index in [1.807, 2.05) is 44.2 Å². The highest BCUT2D eigenvalue weighted by Gasteiger charge is 2.13. The topological polar surface area (TPSA) is 76.2 Å². The van der Waals surface area contributed by atoms with Crippen LogP contribution in [0.3, 0.4) is 0 Å². The summed E-state index contributed by atoms with van der Waals surface area (Å²) < 4.78 is 25.0. The van der Waals surface area contributed by atoms with Gasteiger partial charge >= 0.3 is 6.09 Å². The maximum absolute atomic E-state index is 14.1. The summed E-state index contributed by atoms with van der Waals surface area (Å²) in [4.78, 5) is 11.7. The SMILES string of the molecule is Cc1[nH]nc2cc(F)c(O[C@H](C)CCNC(=O)OCc3ccccc3)cc12. The summed E-state index contributed by atoms with van der Waals surface area (Å²) in [6.45, 7) is 4.27. The Balaban J connectivity index is 1.44. The zero-order valence-electron chi connectivity index (χ0n) is 15.3. The summed E-state index contributed by atoms with van der Waals surface area (Å²) >= 11 is 0. The first-order valence-corrected chi connectivity index (χ1v) is 8.78. The van der Waals surface area contributed by atoms with Gasteiger partial charge < -0.3 is 14.8 Å². The molecule has 1 heterocycles. The number of hydrogen-bond acceptors (Lipinski definition) is 4. The van der Waals surface area contributed by atoms with Crippen molar-refractivity contribution < 1.29 is 18.7 Å². The van der Waals surface area contributed by atoms with Crippen LogP contribution in [-0.2, 0) is 11.3 Å². The molecule has 0 aliphatic rings. The fourth-order valence-corrected chi connectivity index (χ4v) is 2.66. The van der Waals surface area contributed by atoms with E-state index in [1.54, 1.807) is 6.07 Å². The van der Waals surface area contributed by atoms with Crippen LogP contribution in [0.1, 0.15) is 24.6 Å². The molecule has 0 spiro atoms. The predicted octanol–water partition coefficient (Wildman–Crippen LogP) is 4.09. The quantitative estimate of drug-likeness (QED) is 0.656. The lowest BCUT2D eigenvalue weighted by molar-refractivity contribution is 0.137. The van der Waals surface area contributed by atoms with Gasteiger partial charge in [0.05, 0.1) is 11.6 Å². The van der Waals surface area contributed by atoms with E-state index in [-0.39, 0.29) is 18.5 Å². The molecule has 6 nitrogen and oxygen atoms in total. The Hall–Kier alpha value is -3.09. The van der Waals surface area contributed by atoms with E-state index in [0.29, 0.717) is 18.5 Å². The number of carbonyl (C=O) groups is 1. The van der Waals surface area contributed by atoms with Crippen LogP contribution in [-0.4, -0.2) is 28.9 Å². The number of rotatable bonds is 7. The van der Waals surface area contributed by atoms with Crippen molar-refractivity contribution in [1.29, 1.82) is 0 Å². The Morgan fingerprint density at radius 1 is 1.30 bits per heavy atom. The third-order valence-corrected chi connectivity index (χ3v) is 4.16. The number of amides is 1. The first-order valence-electron chi connectivity index (χ1n) is 8.78. The van der Waals surface area contributed by atoms with Crippen molar-refractivity contribution in [2.24, 2.45) is 0 Å². The van der Waals surface area contributed by atoms with E-state index >= 15 is 0 Å². The minimum atomic E-state index is -0.493. The second-order valence-electron chi connectivity index (χ2n) is 6.35. The number of nitrogens with one attached hydrogen (secondary N) is 2. The van der Waals surface area contributed by atoms with Gasteiger partial charge in [-0.2, -0.15) is 5.10 Å². The van der Waals surface area contributed by atoms with Gasteiger partial charge in [-0.1, -0.05) is 30.3 Å². The number of fused-ring (bicyclic) bond motifs is 1. The molecule has 1 amide bonds. The summed E-state index contributed by atoms with van der Waals surface area (Å²) in [6, 6.07) is 12.4. The van der Waals surface area contributed by atoms with Crippen molar-refractivity contribution in [1.82, 2.24) is 15.5 Å². The lowest BCUT2D eigenvalue weighted by Crippen LogP contribution is -2.28. The number of aryl methyl sites for hydroxylation is 1. The molecular formula is C20H22FN3O3. The first kappa shape index (κ1) is 18.7. The molecule has 2 aromatic carbocycles. The average Bonchev–Trinajstić information content (AvgIpc) is 3.01. The number of benzene rings is 2. The van der Waals surface area contributed by atoms with E-state index in [9.17, 15) is 9.18 Å². The predicted molar refractivity (Wildman–Crippen MR) is 100 cm³/mol. The molecule has 0 saturated carbocycles. The highest BCUT2D eigenvalue weighted by atomic mass is 19.1. The molecule has 2 N–H and O–H groups in total. The maximum Gasteiger partial charge on any atom is 0.407 e. The summed E-state index contributed by atoms with van der Waals surface area (Å²) in [5.41, 5.74) is 2.34. The molecule has 3 rings (SSSR count). The van der Waals surface area contributed by atoms with Crippen LogP contribution in [0.2, 0.25) is 0 Å². The summed E-state index contributed by atoms with van der Waals surface area (Å²) in [5.74, 6) is -0.290. The normalized spacial score (nSPS) is 12.0. The van der Waals surface area contributed by atoms with Crippen molar-refractivity contribution >= 4 is 17.0 Å². The van der Waals surface area contributed by atoms with Crippen LogP contribution in [0, 0.1) is 12.7 Å². The van der Waals surface area contributed by atoms with Crippen LogP contribution < -0.4 is 10.1 Å². The highest BCUT2D eigenvalue weighted by molar-refractivity contribution is 5.82. The van der Waals surface area contributed by atoms with Crippen LogP contribution in [0.5, 0.6) is 5.75 Å². The standard InChI is InChI=1S/C20H22FN3O3/c1-13(8-9-22-20(25)26-12-15-6-4-3-5-7-15)27-19-10-16-14(2)23-24-18(16)11-17(19)21/h3-7,10-11,13H,8-9,12H2,1-2H3,(H,22,25)(H,23,24)/t13-/m1/s1. The molecule has 0 unspecified atom stereocenters. The van der Waals surface area contributed by atoms with Gasteiger partial charge in [0.1, 0.15) is 6.61 Å². The maximum atomic E-state index is 14.1. The van der Waals surface area contributed by atoms with Crippen molar-refractivity contribution in [2.45, 2.75) is 33.0 Å². The monoisotopic (exact) mass is 371 g/mol. The van der Waals surface area contributed by atoms with E-state index in [4.69, 9.17) is 9.47 Å². The summed E-state index contributed by atoms with van der Waals surface area (Å²) in [5, 5.41) is 10.3. The van der Waals surface area contributed by atoms with Gasteiger partial charge in [-0.05, 0) is 25.5 Å². The Kier molecular flexibility index (Phi) is 5.90. The second kappa shape index (κ2) is 8.53. The van der Waals surface area contributed by atoms with E-state index < -0.39 is 11.9 Å². The molecule has 0 saturated heterocycles. The smallest absolute Gasteiger partial charge is 0.407 e. The van der Waals surface area contributed by atoms with Gasteiger partial charge in [-0.3, -0.25) is 5.10 Å². The molecule has 0 radical (unpaired) electrons. The molecule has 1 aromatic heterocycles. The third kappa shape index (κ3) is 4.97. The molecule has 0 aliphatic heterocycles. The second-order valence-corrected chi connectivity index (χ2v) is 6.35. The Morgan fingerprint density at radius 2 is 2.07 bits per heavy atom. The van der Waals surface area contributed by atoms with Crippen molar-refractivity contribution in [2.75, 3.05) is 6.54 Å². The minimum Gasteiger partial charge on any atom is -0.488 e. The molecule has 1 atom stereocenters. The van der Waals surface area contributed by atoms with E-state index in [0.717, 1.165) is 16.6 Å². The number of H-pyrrole nitrogens is 1. The number of carbonyl (C=O) groups excluding carboxylic acids is 1. The molecule has 0 aliphatic carbocycles. The van der Waals surface area contributed by atoms with Crippen LogP contribution in [0.25, 0.3) is 10.9 Å². The Morgan fingerprint density at radius 3 is 2.85 bits per heavy atom. The molecule has 0 fully saturated rings. The largest absolute Gasteiger partial charge is 0.488 e. The number of hydrogen-bond donors (Lipinski definition) is 2. The van der Waals surface area contributed by atoms with Gasteiger partial charge in [-0.25, -0.2) is 9.18 Å². The number of ether oxygens (including phenoxy) is 2. The Bertz CT molecular complexity index is 911. The van der Waals surface area contributed by atoms with Crippen molar-refractivity contribution in [3.8, 4) is 5.75 Å². The molecular weight excluding hydrogens is 349 g/mol. The van der Waals surface area contributed by atoms with Gasteiger partial charge in [0.25, 0.3) is 0 Å².